The molecule has 0 spiro atoms. The van der Waals surface area contributed by atoms with E-state index < -0.39 is 0 Å². The summed E-state index contributed by atoms with van der Waals surface area (Å²) in [5.74, 6) is 0.557. The van der Waals surface area contributed by atoms with Crippen molar-refractivity contribution in [2.45, 2.75) is 66.2 Å². The molecule has 1 aromatic rings. The molecule has 0 amide bonds. The summed E-state index contributed by atoms with van der Waals surface area (Å²) in [5, 5.41) is 0.520. The lowest BCUT2D eigenvalue weighted by atomic mass is 10.1. The minimum atomic E-state index is -0.276. The fraction of sp³-hybridized carbons (Fsp3) is 0.706. The van der Waals surface area contributed by atoms with Gasteiger partial charge in [0.25, 0.3) is 0 Å². The maximum Gasteiger partial charge on any atom is 0.367 e. The molecule has 4 nitrogen and oxygen atoms in total. The van der Waals surface area contributed by atoms with E-state index in [4.69, 9.17) is 4.74 Å². The van der Waals surface area contributed by atoms with Crippen LogP contribution in [-0.2, 0) is 22.4 Å². The highest BCUT2D eigenvalue weighted by molar-refractivity contribution is 7.13. The summed E-state index contributed by atoms with van der Waals surface area (Å²) in [5.41, 5.74) is 1.10. The Morgan fingerprint density at radius 1 is 1.27 bits per heavy atom. The van der Waals surface area contributed by atoms with Gasteiger partial charge in [0.05, 0.1) is 12.3 Å². The van der Waals surface area contributed by atoms with Crippen LogP contribution in [0, 0.1) is 5.92 Å². The number of carbonyl (C=O) groups is 2. The monoisotopic (exact) mass is 325 g/mol. The van der Waals surface area contributed by atoms with Crippen LogP contribution in [0.2, 0.25) is 0 Å². The highest BCUT2D eigenvalue weighted by Crippen LogP contribution is 2.27. The van der Waals surface area contributed by atoms with Gasteiger partial charge in [-0.1, -0.05) is 20.8 Å². The van der Waals surface area contributed by atoms with Crippen LogP contribution in [0.25, 0.3) is 0 Å². The van der Waals surface area contributed by atoms with Gasteiger partial charge in [0.2, 0.25) is 5.01 Å². The molecule has 0 aromatic carbocycles. The topological polar surface area (TPSA) is 56.3 Å². The lowest BCUT2D eigenvalue weighted by Crippen LogP contribution is -2.04. The third kappa shape index (κ3) is 5.20. The fourth-order valence-electron chi connectivity index (χ4n) is 2.46. The second-order valence-electron chi connectivity index (χ2n) is 5.22. The van der Waals surface area contributed by atoms with Gasteiger partial charge in [0, 0.05) is 17.2 Å². The fourth-order valence-corrected chi connectivity index (χ4v) is 3.50. The zero-order valence-electron chi connectivity index (χ0n) is 14.1. The predicted molar refractivity (Wildman–Crippen MR) is 89.5 cm³/mol. The molecule has 5 heteroatoms. The molecule has 1 aromatic heterocycles. The van der Waals surface area contributed by atoms with E-state index in [0.717, 1.165) is 37.8 Å². The molecule has 124 valence electrons. The van der Waals surface area contributed by atoms with Crippen molar-refractivity contribution in [3.05, 3.63) is 15.6 Å². The molecule has 2 aliphatic carbocycles. The minimum Gasteiger partial charge on any atom is -0.461 e. The summed E-state index contributed by atoms with van der Waals surface area (Å²) in [7, 11) is 0. The number of ketones is 1. The molecule has 1 atom stereocenters. The molecule has 1 heterocycles. The number of aromatic nitrogens is 1. The molecule has 1 unspecified atom stereocenters. The van der Waals surface area contributed by atoms with E-state index in [-0.39, 0.29) is 5.97 Å². The van der Waals surface area contributed by atoms with Crippen molar-refractivity contribution in [3.63, 3.8) is 0 Å². The van der Waals surface area contributed by atoms with Crippen LogP contribution in [-0.4, -0.2) is 23.3 Å². The molecule has 0 bridgehead atoms. The molecular weight excluding hydrogens is 298 g/mol. The van der Waals surface area contributed by atoms with Crippen LogP contribution < -0.4 is 0 Å². The standard InChI is InChI=1S/C9H11NO2S.C6H10O.C2H6/c1-2-12-9(11)8-10-6-4-3-5-7(6)13-8;1-5-3-2-4-6(5)7;1-2/h2-5H2,1H3;5H,2-4H2,1H3;1-2H3. The Balaban J connectivity index is 0.000000228. The molecule has 0 N–H and O–H groups in total. The SMILES string of the molecule is CC.CC1CCCC1=O.CCOC(=O)c1nc2c(s1)CCC2. The van der Waals surface area contributed by atoms with Crippen LogP contribution in [0.3, 0.4) is 0 Å². The van der Waals surface area contributed by atoms with Crippen LogP contribution in [0.5, 0.6) is 0 Å². The van der Waals surface area contributed by atoms with Crippen molar-refractivity contribution < 1.29 is 14.3 Å². The minimum absolute atomic E-state index is 0.276. The summed E-state index contributed by atoms with van der Waals surface area (Å²) in [6.45, 7) is 8.23. The van der Waals surface area contributed by atoms with Gasteiger partial charge >= 0.3 is 5.97 Å². The van der Waals surface area contributed by atoms with Gasteiger partial charge < -0.3 is 4.74 Å². The van der Waals surface area contributed by atoms with Crippen molar-refractivity contribution in [1.82, 2.24) is 4.98 Å². The first-order chi connectivity index (χ1) is 10.6. The molecule has 3 rings (SSSR count). The molecule has 0 radical (unpaired) electrons. The maximum absolute atomic E-state index is 11.3. The molecule has 2 aliphatic rings. The van der Waals surface area contributed by atoms with Gasteiger partial charge in [-0.15, -0.1) is 11.3 Å². The number of hydrogen-bond donors (Lipinski definition) is 0. The van der Waals surface area contributed by atoms with Gasteiger partial charge in [-0.05, 0) is 39.0 Å². The Labute approximate surface area is 137 Å². The first-order valence-electron chi connectivity index (χ1n) is 8.30. The normalized spacial score (nSPS) is 18.7. The highest BCUT2D eigenvalue weighted by atomic mass is 32.1. The number of rotatable bonds is 2. The quantitative estimate of drug-likeness (QED) is 0.764. The molecule has 1 saturated carbocycles. The van der Waals surface area contributed by atoms with Crippen molar-refractivity contribution in [1.29, 1.82) is 0 Å². The molecular formula is C17H27NO3S. The first-order valence-corrected chi connectivity index (χ1v) is 9.12. The summed E-state index contributed by atoms with van der Waals surface area (Å²) in [4.78, 5) is 27.4. The zero-order chi connectivity index (χ0) is 16.5. The number of ether oxygens (including phenoxy) is 1. The van der Waals surface area contributed by atoms with Crippen LogP contribution in [0.15, 0.2) is 0 Å². The van der Waals surface area contributed by atoms with E-state index >= 15 is 0 Å². The Bertz CT molecular complexity index is 475. The number of esters is 1. The predicted octanol–water partition coefficient (Wildman–Crippen LogP) is 4.21. The van der Waals surface area contributed by atoms with E-state index in [1.54, 1.807) is 6.92 Å². The summed E-state index contributed by atoms with van der Waals surface area (Å²) in [6, 6.07) is 0. The second kappa shape index (κ2) is 9.72. The summed E-state index contributed by atoms with van der Waals surface area (Å²) >= 11 is 1.48. The number of aryl methyl sites for hydroxylation is 2. The second-order valence-corrected chi connectivity index (χ2v) is 6.31. The summed E-state index contributed by atoms with van der Waals surface area (Å²) < 4.78 is 4.87. The average Bonchev–Trinajstić information content (AvgIpc) is 3.19. The Morgan fingerprint density at radius 2 is 2.00 bits per heavy atom. The average molecular weight is 325 g/mol. The Morgan fingerprint density at radius 3 is 2.45 bits per heavy atom. The number of Topliss-reactive ketones (excluding diaryl/α,β-unsaturated/α-hetero) is 1. The van der Waals surface area contributed by atoms with Gasteiger partial charge in [-0.2, -0.15) is 0 Å². The number of hydrogen-bond acceptors (Lipinski definition) is 5. The van der Waals surface area contributed by atoms with Crippen molar-refractivity contribution in [3.8, 4) is 0 Å². The number of carbonyl (C=O) groups excluding carboxylic acids is 2. The van der Waals surface area contributed by atoms with Gasteiger partial charge in [0.15, 0.2) is 0 Å². The van der Waals surface area contributed by atoms with Crippen molar-refractivity contribution in [2.24, 2.45) is 5.92 Å². The van der Waals surface area contributed by atoms with Crippen LogP contribution in [0.1, 0.15) is 73.8 Å². The van der Waals surface area contributed by atoms with Crippen LogP contribution >= 0.6 is 11.3 Å². The zero-order valence-corrected chi connectivity index (χ0v) is 14.9. The third-order valence-electron chi connectivity index (χ3n) is 3.66. The van der Waals surface area contributed by atoms with Gasteiger partial charge in [0.1, 0.15) is 5.78 Å². The van der Waals surface area contributed by atoms with E-state index in [2.05, 4.69) is 4.98 Å². The largest absolute Gasteiger partial charge is 0.461 e. The van der Waals surface area contributed by atoms with E-state index in [9.17, 15) is 9.59 Å². The smallest absolute Gasteiger partial charge is 0.367 e. The lowest BCUT2D eigenvalue weighted by molar-refractivity contribution is -0.120. The Hall–Kier alpha value is -1.23. The number of fused-ring (bicyclic) bond motifs is 1. The van der Waals surface area contributed by atoms with Crippen molar-refractivity contribution in [2.75, 3.05) is 6.61 Å². The van der Waals surface area contributed by atoms with E-state index in [1.807, 2.05) is 20.8 Å². The van der Waals surface area contributed by atoms with Crippen molar-refractivity contribution >= 4 is 23.1 Å². The highest BCUT2D eigenvalue weighted by Gasteiger charge is 2.20. The molecule has 1 fully saturated rings. The number of nitrogens with zero attached hydrogens (tertiary/aromatic N) is 1. The lowest BCUT2D eigenvalue weighted by Gasteiger charge is -1.95. The van der Waals surface area contributed by atoms with Crippen LogP contribution in [0.4, 0.5) is 0 Å². The Kier molecular flexibility index (Phi) is 8.31. The first kappa shape index (κ1) is 18.8. The molecule has 22 heavy (non-hydrogen) atoms. The number of thiazole rings is 1. The molecule has 0 aliphatic heterocycles. The molecule has 0 saturated heterocycles. The van der Waals surface area contributed by atoms with Gasteiger partial charge in [-0.3, -0.25) is 4.79 Å². The summed E-state index contributed by atoms with van der Waals surface area (Å²) in [6.07, 6.45) is 6.36. The third-order valence-corrected chi connectivity index (χ3v) is 4.79. The van der Waals surface area contributed by atoms with E-state index in [1.165, 1.54) is 22.6 Å². The maximum atomic E-state index is 11.3. The van der Waals surface area contributed by atoms with Gasteiger partial charge in [-0.25, -0.2) is 9.78 Å². The van der Waals surface area contributed by atoms with E-state index in [0.29, 0.717) is 23.3 Å².